The van der Waals surface area contributed by atoms with Gasteiger partial charge in [0.05, 0.1) is 12.2 Å². The Morgan fingerprint density at radius 3 is 2.32 bits per heavy atom. The predicted octanol–water partition coefficient (Wildman–Crippen LogP) is 5.01. The Bertz CT molecular complexity index is 699. The molecule has 2 rings (SSSR count). The minimum Gasteiger partial charge on any atom is -0.457 e. The number of benzene rings is 2. The second kappa shape index (κ2) is 8.28. The molecular weight excluding hydrogens is 316 g/mol. The molecule has 4 nitrogen and oxygen atoms in total. The molecule has 1 atom stereocenters. The molecule has 0 fully saturated rings. The van der Waals surface area contributed by atoms with Crippen LogP contribution >= 0.6 is 0 Å². The number of methoxy groups -OCH3 is 1. The van der Waals surface area contributed by atoms with Crippen molar-refractivity contribution in [3.63, 3.8) is 0 Å². The Kier molecular flexibility index (Phi) is 6.34. The SMILES string of the molecule is COCc1cccc(Oc2ccc(C(=O)C(C)OC(C)(C)C)cc2)c1. The average molecular weight is 342 g/mol. The maximum atomic E-state index is 12.4. The third-order valence-corrected chi connectivity index (χ3v) is 3.48. The lowest BCUT2D eigenvalue weighted by molar-refractivity contribution is -0.0381. The number of ketones is 1. The van der Waals surface area contributed by atoms with Crippen LogP contribution in [0.4, 0.5) is 0 Å². The van der Waals surface area contributed by atoms with Gasteiger partial charge >= 0.3 is 0 Å². The van der Waals surface area contributed by atoms with Gasteiger partial charge in [-0.15, -0.1) is 0 Å². The van der Waals surface area contributed by atoms with Crippen LogP contribution in [0.5, 0.6) is 11.5 Å². The van der Waals surface area contributed by atoms with Crippen LogP contribution in [0, 0.1) is 0 Å². The van der Waals surface area contributed by atoms with E-state index in [9.17, 15) is 4.79 Å². The lowest BCUT2D eigenvalue weighted by Gasteiger charge is -2.24. The van der Waals surface area contributed by atoms with E-state index in [0.29, 0.717) is 17.9 Å². The highest BCUT2D eigenvalue weighted by molar-refractivity contribution is 5.99. The molecule has 0 aliphatic carbocycles. The number of hydrogen-bond acceptors (Lipinski definition) is 4. The van der Waals surface area contributed by atoms with E-state index in [1.807, 2.05) is 45.0 Å². The second-order valence-electron chi connectivity index (χ2n) is 6.94. The minimum atomic E-state index is -0.488. The Balaban J connectivity index is 2.04. The average Bonchev–Trinajstić information content (AvgIpc) is 2.54. The summed E-state index contributed by atoms with van der Waals surface area (Å²) in [5.74, 6) is 1.37. The summed E-state index contributed by atoms with van der Waals surface area (Å²) in [5.41, 5.74) is 1.29. The van der Waals surface area contributed by atoms with Gasteiger partial charge in [-0.25, -0.2) is 0 Å². The van der Waals surface area contributed by atoms with E-state index in [4.69, 9.17) is 14.2 Å². The fourth-order valence-corrected chi connectivity index (χ4v) is 2.51. The second-order valence-corrected chi connectivity index (χ2v) is 6.94. The Morgan fingerprint density at radius 1 is 1.04 bits per heavy atom. The van der Waals surface area contributed by atoms with Gasteiger partial charge < -0.3 is 14.2 Å². The summed E-state index contributed by atoms with van der Waals surface area (Å²) in [5, 5.41) is 0. The molecule has 0 aliphatic heterocycles. The lowest BCUT2D eigenvalue weighted by atomic mass is 10.1. The van der Waals surface area contributed by atoms with Crippen molar-refractivity contribution >= 4 is 5.78 Å². The maximum absolute atomic E-state index is 12.4. The van der Waals surface area contributed by atoms with Crippen molar-refractivity contribution in [3.05, 3.63) is 59.7 Å². The molecule has 25 heavy (non-hydrogen) atoms. The standard InChI is InChI=1S/C21H26O4/c1-15(25-21(2,3)4)20(22)17-9-11-18(12-10-17)24-19-8-6-7-16(13-19)14-23-5/h6-13,15H,14H2,1-5H3. The highest BCUT2D eigenvalue weighted by Crippen LogP contribution is 2.24. The molecule has 0 spiro atoms. The molecule has 134 valence electrons. The molecule has 0 saturated heterocycles. The van der Waals surface area contributed by atoms with E-state index < -0.39 is 6.10 Å². The molecule has 0 saturated carbocycles. The molecule has 0 heterocycles. The van der Waals surface area contributed by atoms with Crippen molar-refractivity contribution in [2.45, 2.75) is 46.0 Å². The van der Waals surface area contributed by atoms with Crippen molar-refractivity contribution in [2.75, 3.05) is 7.11 Å². The first-order chi connectivity index (χ1) is 11.8. The minimum absolute atomic E-state index is 0.0384. The summed E-state index contributed by atoms with van der Waals surface area (Å²) in [6.45, 7) is 8.12. The number of hydrogen-bond donors (Lipinski definition) is 0. The highest BCUT2D eigenvalue weighted by Gasteiger charge is 2.22. The molecule has 0 N–H and O–H groups in total. The predicted molar refractivity (Wildman–Crippen MR) is 98.3 cm³/mol. The van der Waals surface area contributed by atoms with Gasteiger partial charge in [0.15, 0.2) is 5.78 Å². The van der Waals surface area contributed by atoms with E-state index in [1.165, 1.54) is 0 Å². The number of Topliss-reactive ketones (excluding diaryl/α,β-unsaturated/α-hetero) is 1. The van der Waals surface area contributed by atoms with Crippen LogP contribution in [0.1, 0.15) is 43.6 Å². The first-order valence-electron chi connectivity index (χ1n) is 8.36. The number of carbonyl (C=O) groups excluding carboxylic acids is 1. The summed E-state index contributed by atoms with van der Waals surface area (Å²) in [7, 11) is 1.66. The molecule has 1 unspecified atom stereocenters. The van der Waals surface area contributed by atoms with E-state index in [0.717, 1.165) is 11.3 Å². The van der Waals surface area contributed by atoms with E-state index >= 15 is 0 Å². The fourth-order valence-electron chi connectivity index (χ4n) is 2.51. The van der Waals surface area contributed by atoms with Crippen molar-refractivity contribution in [3.8, 4) is 11.5 Å². The first-order valence-corrected chi connectivity index (χ1v) is 8.36. The van der Waals surface area contributed by atoms with Crippen molar-refractivity contribution in [2.24, 2.45) is 0 Å². The quantitative estimate of drug-likeness (QED) is 0.663. The van der Waals surface area contributed by atoms with Crippen LogP contribution < -0.4 is 4.74 Å². The Morgan fingerprint density at radius 2 is 1.72 bits per heavy atom. The van der Waals surface area contributed by atoms with Crippen LogP contribution in [-0.2, 0) is 16.1 Å². The third kappa shape index (κ3) is 6.00. The Hall–Kier alpha value is -2.17. The normalized spacial score (nSPS) is 12.7. The smallest absolute Gasteiger partial charge is 0.191 e. The maximum Gasteiger partial charge on any atom is 0.191 e. The van der Waals surface area contributed by atoms with Crippen molar-refractivity contribution in [1.29, 1.82) is 0 Å². The van der Waals surface area contributed by atoms with E-state index in [2.05, 4.69) is 0 Å². The molecule has 2 aromatic carbocycles. The third-order valence-electron chi connectivity index (χ3n) is 3.48. The number of carbonyl (C=O) groups is 1. The summed E-state index contributed by atoms with van der Waals surface area (Å²) in [6.07, 6.45) is -0.488. The van der Waals surface area contributed by atoms with Crippen LogP contribution in [0.3, 0.4) is 0 Å². The molecule has 0 radical (unpaired) electrons. The van der Waals surface area contributed by atoms with Gasteiger partial charge in [0.25, 0.3) is 0 Å². The van der Waals surface area contributed by atoms with Gasteiger partial charge in [-0.05, 0) is 69.7 Å². The molecule has 0 aromatic heterocycles. The summed E-state index contributed by atoms with van der Waals surface area (Å²) < 4.78 is 16.7. The van der Waals surface area contributed by atoms with E-state index in [1.54, 1.807) is 38.3 Å². The topological polar surface area (TPSA) is 44.8 Å². The van der Waals surface area contributed by atoms with Gasteiger partial charge in [0, 0.05) is 12.7 Å². The van der Waals surface area contributed by atoms with Crippen molar-refractivity contribution < 1.29 is 19.0 Å². The summed E-state index contributed by atoms with van der Waals surface area (Å²) >= 11 is 0. The fraction of sp³-hybridized carbons (Fsp3) is 0.381. The van der Waals surface area contributed by atoms with Crippen LogP contribution in [0.15, 0.2) is 48.5 Å². The highest BCUT2D eigenvalue weighted by atomic mass is 16.5. The molecule has 0 bridgehead atoms. The van der Waals surface area contributed by atoms with Gasteiger partial charge in [0.1, 0.15) is 17.6 Å². The summed E-state index contributed by atoms with van der Waals surface area (Å²) in [4.78, 5) is 12.4. The summed E-state index contributed by atoms with van der Waals surface area (Å²) in [6, 6.07) is 14.8. The molecule has 0 amide bonds. The Labute approximate surface area is 149 Å². The van der Waals surface area contributed by atoms with Gasteiger partial charge in [-0.1, -0.05) is 12.1 Å². The van der Waals surface area contributed by atoms with Crippen molar-refractivity contribution in [1.82, 2.24) is 0 Å². The monoisotopic (exact) mass is 342 g/mol. The first kappa shape index (κ1) is 19.2. The molecule has 0 aliphatic rings. The van der Waals surface area contributed by atoms with Gasteiger partial charge in [-0.2, -0.15) is 0 Å². The molecule has 2 aromatic rings. The molecule has 4 heteroatoms. The van der Waals surface area contributed by atoms with Gasteiger partial charge in [-0.3, -0.25) is 4.79 Å². The number of ether oxygens (including phenoxy) is 3. The van der Waals surface area contributed by atoms with Crippen LogP contribution in [0.25, 0.3) is 0 Å². The van der Waals surface area contributed by atoms with Crippen LogP contribution in [-0.4, -0.2) is 24.6 Å². The zero-order valence-corrected chi connectivity index (χ0v) is 15.5. The zero-order valence-electron chi connectivity index (χ0n) is 15.5. The lowest BCUT2D eigenvalue weighted by Crippen LogP contribution is -2.31. The van der Waals surface area contributed by atoms with E-state index in [-0.39, 0.29) is 11.4 Å². The molecular formula is C21H26O4. The largest absolute Gasteiger partial charge is 0.457 e. The zero-order chi connectivity index (χ0) is 18.4. The number of rotatable bonds is 7. The van der Waals surface area contributed by atoms with Gasteiger partial charge in [0.2, 0.25) is 0 Å². The van der Waals surface area contributed by atoms with Crippen LogP contribution in [0.2, 0.25) is 0 Å².